The molecule has 0 radical (unpaired) electrons. The van der Waals surface area contributed by atoms with Gasteiger partial charge in [-0.2, -0.15) is 0 Å². The maximum atomic E-state index is 12.2. The number of methoxy groups -OCH3 is 1. The quantitative estimate of drug-likeness (QED) is 0.320. The number of hydrogen-bond acceptors (Lipinski definition) is 8. The van der Waals surface area contributed by atoms with Gasteiger partial charge in [-0.05, 0) is 37.1 Å². The number of esters is 2. The van der Waals surface area contributed by atoms with Crippen molar-refractivity contribution in [1.82, 2.24) is 10.2 Å². The molecule has 0 unspecified atom stereocenters. The van der Waals surface area contributed by atoms with Gasteiger partial charge in [0.2, 0.25) is 11.8 Å². The Kier molecular flexibility index (Phi) is 8.47. The van der Waals surface area contributed by atoms with Gasteiger partial charge in [-0.1, -0.05) is 11.8 Å². The predicted octanol–water partition coefficient (Wildman–Crippen LogP) is 1.07. The van der Waals surface area contributed by atoms with Crippen LogP contribution in [-0.2, 0) is 28.7 Å². The van der Waals surface area contributed by atoms with Gasteiger partial charge in [-0.15, -0.1) is 0 Å². The van der Waals surface area contributed by atoms with Gasteiger partial charge in [-0.25, -0.2) is 4.79 Å². The van der Waals surface area contributed by atoms with Crippen LogP contribution in [-0.4, -0.2) is 73.7 Å². The number of benzene rings is 1. The highest BCUT2D eigenvalue weighted by Crippen LogP contribution is 2.28. The highest BCUT2D eigenvalue weighted by Gasteiger charge is 2.27. The number of carbonyl (C=O) groups excluding carboxylic acids is 5. The third kappa shape index (κ3) is 6.58. The first-order valence-corrected chi connectivity index (χ1v) is 11.4. The van der Waals surface area contributed by atoms with Gasteiger partial charge in [0.05, 0.1) is 30.6 Å². The van der Waals surface area contributed by atoms with Crippen molar-refractivity contribution < 1.29 is 33.4 Å². The van der Waals surface area contributed by atoms with Crippen molar-refractivity contribution in [1.29, 1.82) is 0 Å². The van der Waals surface area contributed by atoms with Gasteiger partial charge >= 0.3 is 11.9 Å². The van der Waals surface area contributed by atoms with Crippen LogP contribution >= 0.6 is 11.8 Å². The highest BCUT2D eigenvalue weighted by atomic mass is 32.2. The minimum atomic E-state index is -0.602. The van der Waals surface area contributed by atoms with Crippen molar-refractivity contribution in [2.45, 2.75) is 19.3 Å². The summed E-state index contributed by atoms with van der Waals surface area (Å²) in [4.78, 5) is 62.4. The summed E-state index contributed by atoms with van der Waals surface area (Å²) in [6.45, 7) is 0.731. The molecule has 1 aromatic rings. The first-order chi connectivity index (χ1) is 15.9. The number of hydrogen-bond donors (Lipinski definition) is 1. The molecule has 2 fully saturated rings. The van der Waals surface area contributed by atoms with Gasteiger partial charge in [0, 0.05) is 30.8 Å². The van der Waals surface area contributed by atoms with Crippen LogP contribution in [0, 0.1) is 0 Å². The second-order valence-corrected chi connectivity index (χ2v) is 8.29. The monoisotopic (exact) mass is 475 g/mol. The van der Waals surface area contributed by atoms with Crippen molar-refractivity contribution >= 4 is 47.1 Å². The average Bonchev–Trinajstić information content (AvgIpc) is 3.40. The van der Waals surface area contributed by atoms with Gasteiger partial charge in [-0.3, -0.25) is 19.2 Å². The molecule has 0 bridgehead atoms. The first kappa shape index (κ1) is 24.3. The number of thioether (sulfide) groups is 1. The fourth-order valence-corrected chi connectivity index (χ4v) is 4.31. The zero-order valence-electron chi connectivity index (χ0n) is 18.2. The van der Waals surface area contributed by atoms with Gasteiger partial charge in [0.25, 0.3) is 5.91 Å². The second-order valence-electron chi connectivity index (χ2n) is 7.29. The lowest BCUT2D eigenvalue weighted by atomic mass is 10.2. The number of nitrogens with one attached hydrogen (secondary N) is 1. The molecule has 0 spiro atoms. The molecule has 2 aliphatic rings. The van der Waals surface area contributed by atoms with E-state index in [1.807, 2.05) is 0 Å². The van der Waals surface area contributed by atoms with Crippen LogP contribution in [0.1, 0.15) is 29.6 Å². The molecule has 33 heavy (non-hydrogen) atoms. The molecule has 2 heterocycles. The molecule has 0 atom stereocenters. The van der Waals surface area contributed by atoms with Crippen LogP contribution < -0.4 is 10.2 Å². The highest BCUT2D eigenvalue weighted by molar-refractivity contribution is 8.04. The minimum Gasteiger partial charge on any atom is -0.466 e. The molecule has 0 saturated carbocycles. The first-order valence-electron chi connectivity index (χ1n) is 10.5. The van der Waals surface area contributed by atoms with E-state index in [1.165, 1.54) is 29.8 Å². The Morgan fingerprint density at radius 3 is 2.58 bits per heavy atom. The Labute approximate surface area is 195 Å². The predicted molar refractivity (Wildman–Crippen MR) is 120 cm³/mol. The molecule has 1 N–H and O–H groups in total. The Balaban J connectivity index is 1.37. The Morgan fingerprint density at radius 1 is 1.15 bits per heavy atom. The molecule has 0 aromatic heterocycles. The summed E-state index contributed by atoms with van der Waals surface area (Å²) in [5.41, 5.74) is 1.11. The van der Waals surface area contributed by atoms with Gasteiger partial charge in [0.1, 0.15) is 6.54 Å². The molecule has 11 heteroatoms. The fraction of sp³-hybridized carbons (Fsp3) is 0.409. The van der Waals surface area contributed by atoms with Crippen molar-refractivity contribution in [3.05, 3.63) is 40.9 Å². The smallest absolute Gasteiger partial charge is 0.333 e. The van der Waals surface area contributed by atoms with E-state index in [0.29, 0.717) is 36.5 Å². The minimum absolute atomic E-state index is 0.0627. The number of rotatable bonds is 9. The van der Waals surface area contributed by atoms with E-state index in [0.717, 1.165) is 12.1 Å². The maximum Gasteiger partial charge on any atom is 0.333 e. The zero-order valence-corrected chi connectivity index (χ0v) is 19.0. The van der Waals surface area contributed by atoms with E-state index in [9.17, 15) is 24.0 Å². The van der Waals surface area contributed by atoms with E-state index in [-0.39, 0.29) is 30.7 Å². The molecule has 0 aliphatic carbocycles. The molecule has 2 aliphatic heterocycles. The molecule has 176 valence electrons. The summed E-state index contributed by atoms with van der Waals surface area (Å²) < 4.78 is 9.68. The number of carbonyl (C=O) groups is 5. The van der Waals surface area contributed by atoms with Crippen LogP contribution in [0.4, 0.5) is 5.69 Å². The lowest BCUT2D eigenvalue weighted by Crippen LogP contribution is -2.31. The van der Waals surface area contributed by atoms with E-state index in [1.54, 1.807) is 29.2 Å². The molecule has 2 saturated heterocycles. The fourth-order valence-electron chi connectivity index (χ4n) is 3.36. The maximum absolute atomic E-state index is 12.2. The van der Waals surface area contributed by atoms with Crippen molar-refractivity contribution in [3.8, 4) is 0 Å². The molecular weight excluding hydrogens is 450 g/mol. The molecule has 3 rings (SSSR count). The van der Waals surface area contributed by atoms with Crippen LogP contribution in [0.3, 0.4) is 0 Å². The molecule has 3 amide bonds. The molecule has 1 aromatic carbocycles. The van der Waals surface area contributed by atoms with Gasteiger partial charge < -0.3 is 24.6 Å². The van der Waals surface area contributed by atoms with E-state index in [4.69, 9.17) is 4.74 Å². The van der Waals surface area contributed by atoms with E-state index < -0.39 is 17.8 Å². The Hall–Kier alpha value is -3.34. The van der Waals surface area contributed by atoms with Crippen molar-refractivity contribution in [3.63, 3.8) is 0 Å². The number of nitrogens with zero attached hydrogens (tertiary/aromatic N) is 2. The number of ether oxygens (including phenoxy) is 2. The van der Waals surface area contributed by atoms with E-state index >= 15 is 0 Å². The van der Waals surface area contributed by atoms with E-state index in [2.05, 4.69) is 10.1 Å². The summed E-state index contributed by atoms with van der Waals surface area (Å²) >= 11 is 1.25. The normalized spacial score (nSPS) is 16.9. The lowest BCUT2D eigenvalue weighted by molar-refractivity contribution is -0.142. The largest absolute Gasteiger partial charge is 0.466 e. The lowest BCUT2D eigenvalue weighted by Gasteiger charge is -2.16. The summed E-state index contributed by atoms with van der Waals surface area (Å²) in [6.07, 6.45) is 2.98. The standard InChI is InChI=1S/C22H25N3O7S/c1-31-20(28)12-19-25(18(27)14-33-19)10-3-11-32-21(29)13-23-22(30)15-5-7-16(8-6-15)24-9-2-4-17(24)26/h5-8,12H,2-4,9-11,13-14H2,1H3,(H,23,30)/b19-12+. The summed E-state index contributed by atoms with van der Waals surface area (Å²) in [7, 11) is 1.26. The van der Waals surface area contributed by atoms with Crippen molar-refractivity contribution in [2.24, 2.45) is 0 Å². The zero-order chi connectivity index (χ0) is 23.8. The number of anilines is 1. The average molecular weight is 476 g/mol. The van der Waals surface area contributed by atoms with Crippen LogP contribution in [0.5, 0.6) is 0 Å². The SMILES string of the molecule is COC(=O)/C=C1/SCC(=O)N1CCCOC(=O)CNC(=O)c1ccc(N2CCCC2=O)cc1. The third-order valence-electron chi connectivity index (χ3n) is 5.05. The van der Waals surface area contributed by atoms with Gasteiger partial charge in [0.15, 0.2) is 0 Å². The third-order valence-corrected chi connectivity index (χ3v) is 6.08. The van der Waals surface area contributed by atoms with Crippen LogP contribution in [0.2, 0.25) is 0 Å². The second kappa shape index (κ2) is 11.5. The van der Waals surface area contributed by atoms with Crippen LogP contribution in [0.15, 0.2) is 35.4 Å². The molecular formula is C22H25N3O7S. The summed E-state index contributed by atoms with van der Waals surface area (Å²) in [5, 5.41) is 3.00. The Morgan fingerprint density at radius 2 is 1.91 bits per heavy atom. The Bertz CT molecular complexity index is 961. The number of amides is 3. The molecule has 10 nitrogen and oxygen atoms in total. The topological polar surface area (TPSA) is 122 Å². The summed E-state index contributed by atoms with van der Waals surface area (Å²) in [6, 6.07) is 6.62. The van der Waals surface area contributed by atoms with Crippen LogP contribution in [0.25, 0.3) is 0 Å². The summed E-state index contributed by atoms with van der Waals surface area (Å²) in [5.74, 6) is -1.39. The van der Waals surface area contributed by atoms with Crippen molar-refractivity contribution in [2.75, 3.05) is 44.0 Å².